The van der Waals surface area contributed by atoms with E-state index in [1.165, 1.54) is 0 Å². The number of urea groups is 1. The number of nitrogens with zero attached hydrogens (tertiary/aromatic N) is 1. The van der Waals surface area contributed by atoms with E-state index >= 15 is 0 Å². The Morgan fingerprint density at radius 1 is 1.06 bits per heavy atom. The number of aromatic nitrogens is 2. The van der Waals surface area contributed by atoms with Crippen molar-refractivity contribution in [2.24, 2.45) is 0 Å². The van der Waals surface area contributed by atoms with Crippen LogP contribution in [0.3, 0.4) is 0 Å². The number of nitrogens with two attached hydrogens (primary N) is 1. The maximum atomic E-state index is 12.3. The highest BCUT2D eigenvalue weighted by molar-refractivity contribution is 6.30. The second-order valence-electron chi connectivity index (χ2n) is 7.83. The number of carbonyl (C=O) groups excluding carboxylic acids is 1. The van der Waals surface area contributed by atoms with Crippen LogP contribution >= 0.6 is 11.6 Å². The highest BCUT2D eigenvalue weighted by atomic mass is 35.5. The molecule has 4 aromatic rings. The van der Waals surface area contributed by atoms with Gasteiger partial charge in [0.1, 0.15) is 0 Å². The molecule has 0 aliphatic heterocycles. The van der Waals surface area contributed by atoms with Gasteiger partial charge >= 0.3 is 6.03 Å². The van der Waals surface area contributed by atoms with Gasteiger partial charge in [-0.05, 0) is 47.0 Å². The molecule has 6 N–H and O–H groups in total. The van der Waals surface area contributed by atoms with Gasteiger partial charge in [0.25, 0.3) is 0 Å². The molecule has 0 aliphatic carbocycles. The molecule has 2 amide bonds. The summed E-state index contributed by atoms with van der Waals surface area (Å²) in [6.07, 6.45) is 0. The summed E-state index contributed by atoms with van der Waals surface area (Å²) in [5, 5.41) is 17.8. The first kappa shape index (κ1) is 21.7. The molecule has 0 fully saturated rings. The number of hydrogen-bond donors (Lipinski definition) is 5. The van der Waals surface area contributed by atoms with Gasteiger partial charge in [-0.1, -0.05) is 55.8 Å². The molecule has 0 spiro atoms. The summed E-state index contributed by atoms with van der Waals surface area (Å²) in [4.78, 5) is 12.3. The van der Waals surface area contributed by atoms with Gasteiger partial charge in [0.2, 0.25) is 0 Å². The minimum absolute atomic E-state index is 0.344. The zero-order valence-electron chi connectivity index (χ0n) is 17.9. The lowest BCUT2D eigenvalue weighted by Gasteiger charge is -2.12. The predicted molar refractivity (Wildman–Crippen MR) is 132 cm³/mol. The molecule has 3 aromatic carbocycles. The van der Waals surface area contributed by atoms with Crippen molar-refractivity contribution in [1.29, 1.82) is 0 Å². The number of carbonyl (C=O) groups is 1. The lowest BCUT2D eigenvalue weighted by atomic mass is 9.98. The Labute approximate surface area is 191 Å². The van der Waals surface area contributed by atoms with Crippen LogP contribution in [0, 0.1) is 0 Å². The molecule has 0 unspecified atom stereocenters. The van der Waals surface area contributed by atoms with E-state index in [1.807, 2.05) is 24.3 Å². The van der Waals surface area contributed by atoms with Gasteiger partial charge in [0.05, 0.1) is 10.9 Å². The lowest BCUT2D eigenvalue weighted by molar-refractivity contribution is 0.262. The molecule has 0 atom stereocenters. The number of rotatable bonds is 6. The highest BCUT2D eigenvalue weighted by Crippen LogP contribution is 2.34. The van der Waals surface area contributed by atoms with Gasteiger partial charge in [0.15, 0.2) is 5.82 Å². The molecule has 164 valence electrons. The number of H-pyrrole nitrogens is 1. The number of anilines is 3. The van der Waals surface area contributed by atoms with E-state index in [2.05, 4.69) is 52.1 Å². The fourth-order valence-corrected chi connectivity index (χ4v) is 3.70. The number of fused-ring (bicyclic) bond motifs is 1. The van der Waals surface area contributed by atoms with Crippen molar-refractivity contribution in [2.45, 2.75) is 26.4 Å². The number of benzene rings is 3. The molecule has 0 saturated heterocycles. The largest absolute Gasteiger partial charge is 0.382 e. The van der Waals surface area contributed by atoms with Crippen LogP contribution < -0.4 is 21.7 Å². The van der Waals surface area contributed by atoms with Crippen molar-refractivity contribution in [3.8, 4) is 11.1 Å². The number of nitrogens with one attached hydrogen (secondary N) is 4. The number of aromatic amines is 1. The van der Waals surface area contributed by atoms with Crippen LogP contribution in [0.5, 0.6) is 0 Å². The van der Waals surface area contributed by atoms with Crippen molar-refractivity contribution in [1.82, 2.24) is 15.5 Å². The van der Waals surface area contributed by atoms with Crippen molar-refractivity contribution >= 4 is 45.7 Å². The molecule has 1 aromatic heterocycles. The summed E-state index contributed by atoms with van der Waals surface area (Å²) in [6, 6.07) is 18.7. The van der Waals surface area contributed by atoms with Crippen molar-refractivity contribution in [2.75, 3.05) is 16.4 Å². The lowest BCUT2D eigenvalue weighted by Crippen LogP contribution is -2.21. The van der Waals surface area contributed by atoms with Crippen molar-refractivity contribution in [3.05, 3.63) is 71.2 Å². The third-order valence-corrected chi connectivity index (χ3v) is 5.31. The fraction of sp³-hybridized carbons (Fsp3) is 0.167. The summed E-state index contributed by atoms with van der Waals surface area (Å²) in [7, 11) is 0. The Morgan fingerprint density at radius 3 is 2.53 bits per heavy atom. The minimum Gasteiger partial charge on any atom is -0.382 e. The van der Waals surface area contributed by atoms with Crippen LogP contribution in [0.15, 0.2) is 60.7 Å². The maximum absolute atomic E-state index is 12.3. The summed E-state index contributed by atoms with van der Waals surface area (Å²) in [5.74, 6) is 0.462. The SMILES string of the molecule is CC(C)NCc1ccc(-c2ccc(NC(=O)Nc3cccc(Cl)c3)cc2)c2c(N)n[nH]c12. The quantitative estimate of drug-likeness (QED) is 0.264. The van der Waals surface area contributed by atoms with Crippen LogP contribution in [-0.4, -0.2) is 22.3 Å². The van der Waals surface area contributed by atoms with Gasteiger partial charge in [-0.2, -0.15) is 5.10 Å². The molecule has 0 bridgehead atoms. The first-order valence-electron chi connectivity index (χ1n) is 10.3. The standard InChI is InChI=1S/C24H25ClN6O/c1-14(2)27-13-16-8-11-20(21-22(16)30-31-23(21)26)15-6-9-18(10-7-15)28-24(32)29-19-5-3-4-17(25)12-19/h3-12,14,27H,13H2,1-2H3,(H3,26,30,31)(H2,28,29,32). The molecule has 4 rings (SSSR count). The molecule has 32 heavy (non-hydrogen) atoms. The third-order valence-electron chi connectivity index (χ3n) is 5.07. The Morgan fingerprint density at radius 2 is 1.81 bits per heavy atom. The zero-order valence-corrected chi connectivity index (χ0v) is 18.6. The first-order chi connectivity index (χ1) is 15.4. The first-order valence-corrected chi connectivity index (χ1v) is 10.7. The Balaban J connectivity index is 1.53. The Hall–Kier alpha value is -3.55. The van der Waals surface area contributed by atoms with E-state index in [4.69, 9.17) is 17.3 Å². The minimum atomic E-state index is -0.344. The Bertz CT molecular complexity index is 1250. The topological polar surface area (TPSA) is 108 Å². The molecule has 0 saturated carbocycles. The average Bonchev–Trinajstić information content (AvgIpc) is 3.15. The molecule has 0 aliphatic rings. The van der Waals surface area contributed by atoms with Gasteiger partial charge in [-0.25, -0.2) is 4.79 Å². The van der Waals surface area contributed by atoms with Crippen LogP contribution in [-0.2, 0) is 6.54 Å². The van der Waals surface area contributed by atoms with Gasteiger partial charge in [-0.3, -0.25) is 5.10 Å². The number of halogens is 1. The van der Waals surface area contributed by atoms with Gasteiger partial charge < -0.3 is 21.7 Å². The number of amides is 2. The third kappa shape index (κ3) is 4.85. The summed E-state index contributed by atoms with van der Waals surface area (Å²) in [6.45, 7) is 4.94. The van der Waals surface area contributed by atoms with Crippen molar-refractivity contribution < 1.29 is 4.79 Å². The predicted octanol–water partition coefficient (Wildman–Crippen LogP) is 5.61. The molecule has 1 heterocycles. The van der Waals surface area contributed by atoms with E-state index in [0.717, 1.165) is 34.1 Å². The second kappa shape index (κ2) is 9.30. The zero-order chi connectivity index (χ0) is 22.7. The van der Waals surface area contributed by atoms with E-state index in [1.54, 1.807) is 24.3 Å². The number of nitrogen functional groups attached to an aromatic ring is 1. The molecule has 7 nitrogen and oxygen atoms in total. The van der Waals surface area contributed by atoms with E-state index in [9.17, 15) is 4.79 Å². The smallest absolute Gasteiger partial charge is 0.323 e. The number of hydrogen-bond acceptors (Lipinski definition) is 4. The van der Waals surface area contributed by atoms with E-state index < -0.39 is 0 Å². The van der Waals surface area contributed by atoms with E-state index in [0.29, 0.717) is 28.3 Å². The second-order valence-corrected chi connectivity index (χ2v) is 8.27. The molecular weight excluding hydrogens is 424 g/mol. The maximum Gasteiger partial charge on any atom is 0.323 e. The van der Waals surface area contributed by atoms with E-state index in [-0.39, 0.29) is 6.03 Å². The monoisotopic (exact) mass is 448 g/mol. The van der Waals surface area contributed by atoms with Crippen LogP contribution in [0.25, 0.3) is 22.0 Å². The average molecular weight is 449 g/mol. The summed E-state index contributed by atoms with van der Waals surface area (Å²) < 4.78 is 0. The summed E-state index contributed by atoms with van der Waals surface area (Å²) >= 11 is 5.96. The molecule has 0 radical (unpaired) electrons. The van der Waals surface area contributed by atoms with Crippen LogP contribution in [0.1, 0.15) is 19.4 Å². The van der Waals surface area contributed by atoms with Crippen molar-refractivity contribution in [3.63, 3.8) is 0 Å². The Kier molecular flexibility index (Phi) is 6.30. The molecule has 8 heteroatoms. The van der Waals surface area contributed by atoms with Gasteiger partial charge in [0, 0.05) is 29.0 Å². The summed E-state index contributed by atoms with van der Waals surface area (Å²) in [5.41, 5.74) is 11.5. The van der Waals surface area contributed by atoms with Crippen LogP contribution in [0.2, 0.25) is 5.02 Å². The molecular formula is C24H25ClN6O. The highest BCUT2D eigenvalue weighted by Gasteiger charge is 2.14. The van der Waals surface area contributed by atoms with Crippen LogP contribution in [0.4, 0.5) is 22.0 Å². The fourth-order valence-electron chi connectivity index (χ4n) is 3.51. The normalized spacial score (nSPS) is 11.1. The van der Waals surface area contributed by atoms with Gasteiger partial charge in [-0.15, -0.1) is 0 Å².